The zero-order valence-corrected chi connectivity index (χ0v) is 17.8. The van der Waals surface area contributed by atoms with Gasteiger partial charge in [0, 0.05) is 29.4 Å². The van der Waals surface area contributed by atoms with Gasteiger partial charge < -0.3 is 4.74 Å². The van der Waals surface area contributed by atoms with Crippen LogP contribution in [0.5, 0.6) is 0 Å². The molecule has 4 nitrogen and oxygen atoms in total. The van der Waals surface area contributed by atoms with E-state index in [1.54, 1.807) is 17.8 Å². The summed E-state index contributed by atoms with van der Waals surface area (Å²) in [5, 5.41) is 0. The molecular weight excluding hydrogens is 378 g/mol. The standard InChI is InChI=1S/C21H27NO3S2/c1-16-13-18(3)20(14-17(16)2)27(23,24)22-15-21(9-11-25-12-10-21)26-19-7-5-4-6-8-19/h4-8,13-14,22H,9-12,15H2,1-3H3. The molecule has 1 N–H and O–H groups in total. The van der Waals surface area contributed by atoms with Crippen LogP contribution in [0.3, 0.4) is 0 Å². The van der Waals surface area contributed by atoms with Crippen molar-refractivity contribution in [1.29, 1.82) is 0 Å². The average Bonchev–Trinajstić information content (AvgIpc) is 2.65. The molecule has 6 heteroatoms. The Morgan fingerprint density at radius 2 is 1.63 bits per heavy atom. The fraction of sp³-hybridized carbons (Fsp3) is 0.429. The van der Waals surface area contributed by atoms with E-state index in [9.17, 15) is 8.42 Å². The second kappa shape index (κ2) is 8.35. The second-order valence-corrected chi connectivity index (χ2v) is 10.5. The highest BCUT2D eigenvalue weighted by Crippen LogP contribution is 2.40. The fourth-order valence-corrected chi connectivity index (χ4v) is 6.16. The van der Waals surface area contributed by atoms with Crippen LogP contribution in [0.2, 0.25) is 0 Å². The third kappa shape index (κ3) is 4.93. The fourth-order valence-electron chi connectivity index (χ4n) is 3.32. The van der Waals surface area contributed by atoms with Gasteiger partial charge in [-0.15, -0.1) is 11.8 Å². The predicted octanol–water partition coefficient (Wildman–Crippen LogP) is 4.23. The van der Waals surface area contributed by atoms with E-state index in [1.165, 1.54) is 0 Å². The summed E-state index contributed by atoms with van der Waals surface area (Å²) in [6.45, 7) is 7.50. The Labute approximate surface area is 166 Å². The normalized spacial score (nSPS) is 17.0. The Morgan fingerprint density at radius 1 is 1.00 bits per heavy atom. The van der Waals surface area contributed by atoms with Gasteiger partial charge in [-0.3, -0.25) is 0 Å². The van der Waals surface area contributed by atoms with Gasteiger partial charge in [-0.2, -0.15) is 0 Å². The van der Waals surface area contributed by atoms with Gasteiger partial charge >= 0.3 is 0 Å². The molecule has 0 saturated carbocycles. The Balaban J connectivity index is 1.81. The van der Waals surface area contributed by atoms with Gasteiger partial charge in [0.15, 0.2) is 0 Å². The number of hydrogen-bond acceptors (Lipinski definition) is 4. The van der Waals surface area contributed by atoms with Crippen molar-refractivity contribution in [3.05, 3.63) is 59.2 Å². The van der Waals surface area contributed by atoms with Crippen molar-refractivity contribution in [2.75, 3.05) is 19.8 Å². The molecule has 2 aromatic rings. The summed E-state index contributed by atoms with van der Waals surface area (Å²) in [6.07, 6.45) is 1.64. The smallest absolute Gasteiger partial charge is 0.240 e. The van der Waals surface area contributed by atoms with Crippen LogP contribution < -0.4 is 4.72 Å². The molecule has 0 unspecified atom stereocenters. The van der Waals surface area contributed by atoms with Gasteiger partial charge in [-0.1, -0.05) is 24.3 Å². The van der Waals surface area contributed by atoms with Gasteiger partial charge in [0.2, 0.25) is 10.0 Å². The lowest BCUT2D eigenvalue weighted by Gasteiger charge is -2.36. The number of hydrogen-bond donors (Lipinski definition) is 1. The van der Waals surface area contributed by atoms with Crippen molar-refractivity contribution >= 4 is 21.8 Å². The predicted molar refractivity (Wildman–Crippen MR) is 111 cm³/mol. The topological polar surface area (TPSA) is 55.4 Å². The van der Waals surface area contributed by atoms with Crippen molar-refractivity contribution in [1.82, 2.24) is 4.72 Å². The van der Waals surface area contributed by atoms with Crippen molar-refractivity contribution in [3.63, 3.8) is 0 Å². The molecule has 1 heterocycles. The quantitative estimate of drug-likeness (QED) is 0.781. The van der Waals surface area contributed by atoms with Crippen molar-refractivity contribution in [2.45, 2.75) is 48.2 Å². The van der Waals surface area contributed by atoms with Crippen molar-refractivity contribution < 1.29 is 13.2 Å². The Morgan fingerprint density at radius 3 is 2.30 bits per heavy atom. The lowest BCUT2D eigenvalue weighted by Crippen LogP contribution is -2.44. The molecule has 27 heavy (non-hydrogen) atoms. The molecule has 3 rings (SSSR count). The maximum atomic E-state index is 13.0. The zero-order valence-electron chi connectivity index (χ0n) is 16.1. The third-order valence-electron chi connectivity index (χ3n) is 5.15. The lowest BCUT2D eigenvalue weighted by atomic mass is 9.99. The molecule has 0 aliphatic carbocycles. The molecule has 0 amide bonds. The van der Waals surface area contributed by atoms with Crippen LogP contribution in [0, 0.1) is 20.8 Å². The molecular formula is C21H27NO3S2. The molecule has 146 valence electrons. The van der Waals surface area contributed by atoms with E-state index in [4.69, 9.17) is 4.74 Å². The monoisotopic (exact) mass is 405 g/mol. The highest BCUT2D eigenvalue weighted by Gasteiger charge is 2.35. The van der Waals surface area contributed by atoms with E-state index >= 15 is 0 Å². The maximum Gasteiger partial charge on any atom is 0.240 e. The molecule has 0 radical (unpaired) electrons. The van der Waals surface area contributed by atoms with Crippen LogP contribution >= 0.6 is 11.8 Å². The highest BCUT2D eigenvalue weighted by molar-refractivity contribution is 8.00. The van der Waals surface area contributed by atoms with E-state index < -0.39 is 10.0 Å². The minimum atomic E-state index is -3.56. The number of benzene rings is 2. The molecule has 0 bridgehead atoms. The zero-order chi connectivity index (χ0) is 19.5. The molecule has 0 aromatic heterocycles. The van der Waals surface area contributed by atoms with Crippen LogP contribution in [-0.4, -0.2) is 32.9 Å². The summed E-state index contributed by atoms with van der Waals surface area (Å²) in [4.78, 5) is 1.53. The first-order valence-electron chi connectivity index (χ1n) is 9.21. The number of ether oxygens (including phenoxy) is 1. The second-order valence-electron chi connectivity index (χ2n) is 7.24. The number of aryl methyl sites for hydroxylation is 3. The van der Waals surface area contributed by atoms with Gasteiger partial charge in [0.25, 0.3) is 0 Å². The van der Waals surface area contributed by atoms with Crippen LogP contribution in [0.4, 0.5) is 0 Å². The third-order valence-corrected chi connectivity index (χ3v) is 8.18. The minimum Gasteiger partial charge on any atom is -0.381 e. The average molecular weight is 406 g/mol. The van der Waals surface area contributed by atoms with Gasteiger partial charge in [-0.05, 0) is 68.5 Å². The Hall–Kier alpha value is -1.34. The molecule has 1 aliphatic rings. The van der Waals surface area contributed by atoms with E-state index in [0.717, 1.165) is 34.4 Å². The largest absolute Gasteiger partial charge is 0.381 e. The Bertz CT molecular complexity index is 889. The number of nitrogens with one attached hydrogen (secondary N) is 1. The highest BCUT2D eigenvalue weighted by atomic mass is 32.2. The first-order valence-corrected chi connectivity index (χ1v) is 11.5. The molecule has 0 atom stereocenters. The van der Waals surface area contributed by atoms with Crippen LogP contribution in [0.25, 0.3) is 0 Å². The van der Waals surface area contributed by atoms with Crippen molar-refractivity contribution in [3.8, 4) is 0 Å². The summed E-state index contributed by atoms with van der Waals surface area (Å²) >= 11 is 1.75. The maximum absolute atomic E-state index is 13.0. The van der Waals surface area contributed by atoms with Crippen LogP contribution in [-0.2, 0) is 14.8 Å². The van der Waals surface area contributed by atoms with Crippen LogP contribution in [0.1, 0.15) is 29.5 Å². The summed E-state index contributed by atoms with van der Waals surface area (Å²) in [5.41, 5.74) is 2.87. The SMILES string of the molecule is Cc1cc(C)c(S(=O)(=O)NCC2(Sc3ccccc3)CCOCC2)cc1C. The van der Waals surface area contributed by atoms with Crippen molar-refractivity contribution in [2.24, 2.45) is 0 Å². The summed E-state index contributed by atoms with van der Waals surface area (Å²) in [5.74, 6) is 0. The number of thioether (sulfide) groups is 1. The summed E-state index contributed by atoms with van der Waals surface area (Å²) in [6, 6.07) is 13.9. The minimum absolute atomic E-state index is 0.194. The number of rotatable bonds is 6. The molecule has 1 saturated heterocycles. The molecule has 1 aliphatic heterocycles. The van der Waals surface area contributed by atoms with Gasteiger partial charge in [0.05, 0.1) is 4.90 Å². The Kier molecular flexibility index (Phi) is 6.31. The van der Waals surface area contributed by atoms with E-state index in [1.807, 2.05) is 45.0 Å². The molecule has 1 fully saturated rings. The van der Waals surface area contributed by atoms with E-state index in [2.05, 4.69) is 16.9 Å². The van der Waals surface area contributed by atoms with Crippen LogP contribution in [0.15, 0.2) is 52.3 Å². The summed E-state index contributed by atoms with van der Waals surface area (Å²) < 4.78 is 34.2. The molecule has 2 aromatic carbocycles. The van der Waals surface area contributed by atoms with E-state index in [-0.39, 0.29) is 4.75 Å². The van der Waals surface area contributed by atoms with E-state index in [0.29, 0.717) is 24.7 Å². The lowest BCUT2D eigenvalue weighted by molar-refractivity contribution is 0.0784. The molecule has 0 spiro atoms. The number of sulfonamides is 1. The van der Waals surface area contributed by atoms with Gasteiger partial charge in [0.1, 0.15) is 0 Å². The first kappa shape index (κ1) is 20.4. The summed E-state index contributed by atoms with van der Waals surface area (Å²) in [7, 11) is -3.56. The first-order chi connectivity index (χ1) is 12.8. The van der Waals surface area contributed by atoms with Gasteiger partial charge in [-0.25, -0.2) is 13.1 Å².